The van der Waals surface area contributed by atoms with Crippen molar-refractivity contribution in [1.29, 1.82) is 0 Å². The maximum Gasteiger partial charge on any atom is 0.490 e. The number of rotatable bonds is 7. The highest BCUT2D eigenvalue weighted by Gasteiger charge is 2.43. The third-order valence-corrected chi connectivity index (χ3v) is 6.70. The van der Waals surface area contributed by atoms with Crippen LogP contribution in [0.4, 0.5) is 42.5 Å². The standard InChI is InChI=1S/C26H20F7N7O3/c1-11(43-23(42)26(31,32)33)19-15-9-40(10-18(15)38-39-19)24-36-20-12(21(34)41)4-2-5-13(20)22(37-24)35-8-14-16(25(28,29)30)6-3-7-17(14)27/h2-7,11H,8-10H2,1H3,(H2,34,41)(H,38,39)(H,35,36,37)/t11-/m0/s1. The molecular formula is C26H20F7N7O3. The van der Waals surface area contributed by atoms with Gasteiger partial charge in [0.15, 0.2) is 0 Å². The number of hydrogen-bond donors (Lipinski definition) is 3. The van der Waals surface area contributed by atoms with Gasteiger partial charge in [-0.25, -0.2) is 14.2 Å². The van der Waals surface area contributed by atoms with Crippen LogP contribution in [0, 0.1) is 5.82 Å². The first kappa shape index (κ1) is 29.5. The predicted octanol–water partition coefficient (Wildman–Crippen LogP) is 4.91. The number of ether oxygens (including phenoxy) is 1. The van der Waals surface area contributed by atoms with E-state index in [0.717, 1.165) is 18.2 Å². The first-order valence-electron chi connectivity index (χ1n) is 12.4. The Bertz CT molecular complexity index is 1740. The van der Waals surface area contributed by atoms with Crippen LogP contribution in [0.2, 0.25) is 0 Å². The zero-order chi connectivity index (χ0) is 31.3. The van der Waals surface area contributed by atoms with Gasteiger partial charge in [0.2, 0.25) is 5.95 Å². The lowest BCUT2D eigenvalue weighted by Crippen LogP contribution is -2.27. The molecule has 4 aromatic rings. The number of benzene rings is 2. The number of primary amides is 1. The van der Waals surface area contributed by atoms with E-state index in [1.54, 1.807) is 0 Å². The lowest BCUT2D eigenvalue weighted by molar-refractivity contribution is -0.204. The quantitative estimate of drug-likeness (QED) is 0.198. The van der Waals surface area contributed by atoms with Crippen LogP contribution in [0.1, 0.15) is 51.5 Å². The van der Waals surface area contributed by atoms with Crippen molar-refractivity contribution < 1.29 is 45.1 Å². The number of H-pyrrole nitrogens is 1. The second kappa shape index (κ2) is 10.7. The van der Waals surface area contributed by atoms with Crippen LogP contribution in [0.5, 0.6) is 0 Å². The van der Waals surface area contributed by atoms with E-state index in [1.165, 1.54) is 30.0 Å². The van der Waals surface area contributed by atoms with E-state index in [9.17, 15) is 40.3 Å². The van der Waals surface area contributed by atoms with E-state index in [-0.39, 0.29) is 47.0 Å². The monoisotopic (exact) mass is 611 g/mol. The number of carbonyl (C=O) groups excluding carboxylic acids is 2. The highest BCUT2D eigenvalue weighted by molar-refractivity contribution is 6.07. The molecule has 1 aliphatic heterocycles. The Labute approximate surface area is 237 Å². The number of amides is 1. The number of alkyl halides is 6. The molecule has 43 heavy (non-hydrogen) atoms. The van der Waals surface area contributed by atoms with E-state index in [2.05, 4.69) is 30.2 Å². The fraction of sp³-hybridized carbons (Fsp3) is 0.269. The van der Waals surface area contributed by atoms with Crippen molar-refractivity contribution >= 4 is 34.5 Å². The number of aromatic amines is 1. The van der Waals surface area contributed by atoms with Gasteiger partial charge in [0.25, 0.3) is 5.91 Å². The average Bonchev–Trinajstić information content (AvgIpc) is 3.51. The summed E-state index contributed by atoms with van der Waals surface area (Å²) < 4.78 is 97.8. The molecule has 10 nitrogen and oxygen atoms in total. The Morgan fingerprint density at radius 3 is 2.49 bits per heavy atom. The predicted molar refractivity (Wildman–Crippen MR) is 136 cm³/mol. The van der Waals surface area contributed by atoms with Gasteiger partial charge in [-0.3, -0.25) is 9.89 Å². The molecular weight excluding hydrogens is 591 g/mol. The van der Waals surface area contributed by atoms with Crippen LogP contribution in [-0.4, -0.2) is 38.2 Å². The van der Waals surface area contributed by atoms with Gasteiger partial charge in [0.1, 0.15) is 23.4 Å². The van der Waals surface area contributed by atoms with E-state index >= 15 is 0 Å². The number of nitrogens with zero attached hydrogens (tertiary/aromatic N) is 4. The molecule has 0 radical (unpaired) electrons. The second-order valence-corrected chi connectivity index (χ2v) is 9.52. The zero-order valence-electron chi connectivity index (χ0n) is 21.9. The van der Waals surface area contributed by atoms with E-state index in [0.29, 0.717) is 11.3 Å². The number of hydrogen-bond acceptors (Lipinski definition) is 8. The fourth-order valence-electron chi connectivity index (χ4n) is 4.71. The van der Waals surface area contributed by atoms with Crippen molar-refractivity contribution in [3.8, 4) is 0 Å². The summed E-state index contributed by atoms with van der Waals surface area (Å²) in [5, 5.41) is 9.56. The molecule has 226 valence electrons. The van der Waals surface area contributed by atoms with Crippen LogP contribution in [0.3, 0.4) is 0 Å². The van der Waals surface area contributed by atoms with E-state index in [4.69, 9.17) is 5.73 Å². The lowest BCUT2D eigenvalue weighted by Gasteiger charge is -2.20. The third-order valence-electron chi connectivity index (χ3n) is 6.70. The summed E-state index contributed by atoms with van der Waals surface area (Å²) in [6.07, 6.45) is -11.4. The summed E-state index contributed by atoms with van der Waals surface area (Å²) in [4.78, 5) is 33.9. The average molecular weight is 611 g/mol. The van der Waals surface area contributed by atoms with Crippen molar-refractivity contribution in [2.24, 2.45) is 5.73 Å². The molecule has 1 amide bonds. The van der Waals surface area contributed by atoms with Crippen molar-refractivity contribution in [3.05, 3.63) is 75.9 Å². The summed E-state index contributed by atoms with van der Waals surface area (Å²) in [5.74, 6) is -4.42. The first-order chi connectivity index (χ1) is 20.1. The van der Waals surface area contributed by atoms with Crippen LogP contribution in [0.25, 0.3) is 10.9 Å². The third kappa shape index (κ3) is 5.74. The number of nitrogens with two attached hydrogens (primary N) is 1. The summed E-state index contributed by atoms with van der Waals surface area (Å²) in [6.45, 7) is 0.610. The van der Waals surface area contributed by atoms with Crippen LogP contribution >= 0.6 is 0 Å². The minimum atomic E-state index is -5.20. The number of fused-ring (bicyclic) bond motifs is 2. The van der Waals surface area contributed by atoms with Crippen molar-refractivity contribution in [3.63, 3.8) is 0 Å². The summed E-state index contributed by atoms with van der Waals surface area (Å²) in [5.41, 5.74) is 4.58. The van der Waals surface area contributed by atoms with Gasteiger partial charge in [-0.15, -0.1) is 0 Å². The molecule has 17 heteroatoms. The maximum atomic E-state index is 14.5. The Balaban J connectivity index is 1.50. The fourth-order valence-corrected chi connectivity index (χ4v) is 4.71. The first-order valence-corrected chi connectivity index (χ1v) is 12.4. The molecule has 1 aliphatic rings. The SMILES string of the molecule is C[C@H](OC(=O)C(F)(F)F)c1n[nH]c2c1CN(c1nc(NCc3c(F)cccc3C(F)(F)F)c3cccc(C(N)=O)c3n1)C2. The van der Waals surface area contributed by atoms with Gasteiger partial charge in [-0.2, -0.15) is 36.4 Å². The number of para-hydroxylation sites is 1. The zero-order valence-corrected chi connectivity index (χ0v) is 21.9. The highest BCUT2D eigenvalue weighted by atomic mass is 19.4. The molecule has 0 aliphatic carbocycles. The lowest BCUT2D eigenvalue weighted by atomic mass is 10.1. The van der Waals surface area contributed by atoms with Gasteiger partial charge in [0.05, 0.1) is 35.4 Å². The molecule has 0 saturated heterocycles. The van der Waals surface area contributed by atoms with Gasteiger partial charge in [-0.1, -0.05) is 12.1 Å². The summed E-state index contributed by atoms with van der Waals surface area (Å²) >= 11 is 0. The number of aromatic nitrogens is 4. The Kier molecular flexibility index (Phi) is 7.35. The summed E-state index contributed by atoms with van der Waals surface area (Å²) in [6, 6.07) is 6.90. The molecule has 0 bridgehead atoms. The molecule has 2 aromatic carbocycles. The van der Waals surface area contributed by atoms with E-state index < -0.39 is 53.8 Å². The Hall–Kier alpha value is -4.96. The molecule has 0 saturated carbocycles. The largest absolute Gasteiger partial charge is 0.490 e. The van der Waals surface area contributed by atoms with Gasteiger partial charge < -0.3 is 20.7 Å². The van der Waals surface area contributed by atoms with E-state index in [1.807, 2.05) is 0 Å². The second-order valence-electron chi connectivity index (χ2n) is 9.52. The molecule has 1 atom stereocenters. The smallest absolute Gasteiger partial charge is 0.449 e. The molecule has 5 rings (SSSR count). The highest BCUT2D eigenvalue weighted by Crippen LogP contribution is 2.36. The number of anilines is 2. The van der Waals surface area contributed by atoms with Crippen LogP contribution in [0.15, 0.2) is 36.4 Å². The Morgan fingerprint density at radius 2 is 1.81 bits per heavy atom. The molecule has 0 unspecified atom stereocenters. The van der Waals surface area contributed by atoms with Crippen molar-refractivity contribution in [1.82, 2.24) is 20.2 Å². The van der Waals surface area contributed by atoms with Crippen molar-refractivity contribution in [2.45, 2.75) is 45.0 Å². The Morgan fingerprint density at radius 1 is 1.09 bits per heavy atom. The number of carbonyl (C=O) groups is 2. The van der Waals surface area contributed by atoms with Gasteiger partial charge in [0, 0.05) is 23.1 Å². The normalized spacial score (nSPS) is 14.1. The molecule has 0 spiro atoms. The topological polar surface area (TPSA) is 139 Å². The maximum absolute atomic E-state index is 14.5. The van der Waals surface area contributed by atoms with Crippen molar-refractivity contribution in [2.75, 3.05) is 10.2 Å². The molecule has 4 N–H and O–H groups in total. The minimum Gasteiger partial charge on any atom is -0.449 e. The minimum absolute atomic E-state index is 0.0235. The molecule has 3 heterocycles. The van der Waals surface area contributed by atoms with Gasteiger partial charge in [-0.05, 0) is 31.2 Å². The number of halogens is 7. The summed E-state index contributed by atoms with van der Waals surface area (Å²) in [7, 11) is 0. The van der Waals surface area contributed by atoms with Crippen LogP contribution < -0.4 is 16.0 Å². The number of esters is 1. The van der Waals surface area contributed by atoms with Gasteiger partial charge >= 0.3 is 18.3 Å². The molecule has 2 aromatic heterocycles. The van der Waals surface area contributed by atoms with Crippen LogP contribution in [-0.2, 0) is 35.3 Å². The number of nitrogens with one attached hydrogen (secondary N) is 2. The molecule has 0 fully saturated rings.